The third kappa shape index (κ3) is 8.11. The van der Waals surface area contributed by atoms with E-state index in [1.165, 1.54) is 0 Å². The van der Waals surface area contributed by atoms with E-state index in [4.69, 9.17) is 9.47 Å². The second kappa shape index (κ2) is 13.2. The zero-order valence-corrected chi connectivity index (χ0v) is 19.7. The predicted octanol–water partition coefficient (Wildman–Crippen LogP) is 2.25. The van der Waals surface area contributed by atoms with Crippen molar-refractivity contribution in [3.63, 3.8) is 0 Å². The van der Waals surface area contributed by atoms with Gasteiger partial charge in [0.15, 0.2) is 17.5 Å². The highest BCUT2D eigenvalue weighted by atomic mass is 16.5. The minimum atomic E-state index is -0.0730. The highest BCUT2D eigenvalue weighted by Crippen LogP contribution is 2.27. The summed E-state index contributed by atoms with van der Waals surface area (Å²) >= 11 is 0. The molecule has 8 heteroatoms. The molecule has 0 aliphatic heterocycles. The van der Waals surface area contributed by atoms with Crippen molar-refractivity contribution in [3.8, 4) is 11.5 Å². The molecule has 0 saturated carbocycles. The van der Waals surface area contributed by atoms with Crippen molar-refractivity contribution in [1.29, 1.82) is 0 Å². The summed E-state index contributed by atoms with van der Waals surface area (Å²) in [6, 6.07) is 13.4. The highest BCUT2D eigenvalue weighted by molar-refractivity contribution is 5.94. The maximum atomic E-state index is 12.4. The molecular weight excluding hydrogens is 406 g/mol. The van der Waals surface area contributed by atoms with Gasteiger partial charge in [0.2, 0.25) is 0 Å². The van der Waals surface area contributed by atoms with Crippen molar-refractivity contribution in [3.05, 3.63) is 59.2 Å². The fourth-order valence-electron chi connectivity index (χ4n) is 2.99. The summed E-state index contributed by atoms with van der Waals surface area (Å²) in [5, 5.41) is 9.52. The number of hydrogen-bond acceptors (Lipinski definition) is 5. The van der Waals surface area contributed by atoms with E-state index in [0.29, 0.717) is 42.7 Å². The van der Waals surface area contributed by atoms with Crippen LogP contribution in [0, 0.1) is 0 Å². The standard InChI is InChI=1S/C24H35N5O3/c1-6-25-24(28-17-19-10-11-21(31-4)22(15-19)32-5)27-16-18-8-7-9-20(14-18)23(30)26-12-13-29(2)3/h7-11,14-15H,6,12-13,16-17H2,1-5H3,(H,26,30)(H2,25,27,28). The molecule has 2 rings (SSSR count). The number of hydrogen-bond donors (Lipinski definition) is 3. The second-order valence-corrected chi connectivity index (χ2v) is 7.50. The average Bonchev–Trinajstić information content (AvgIpc) is 2.80. The van der Waals surface area contributed by atoms with Crippen LogP contribution in [0.25, 0.3) is 0 Å². The highest BCUT2D eigenvalue weighted by Gasteiger charge is 2.07. The molecule has 2 aromatic carbocycles. The van der Waals surface area contributed by atoms with Crippen LogP contribution in [0.2, 0.25) is 0 Å². The van der Waals surface area contributed by atoms with Crippen molar-refractivity contribution in [1.82, 2.24) is 20.9 Å². The molecule has 0 spiro atoms. The first-order chi connectivity index (χ1) is 15.5. The van der Waals surface area contributed by atoms with Crippen LogP contribution in [-0.2, 0) is 13.1 Å². The van der Waals surface area contributed by atoms with Crippen LogP contribution in [-0.4, -0.2) is 64.7 Å². The Labute approximate surface area is 191 Å². The van der Waals surface area contributed by atoms with E-state index in [1.54, 1.807) is 14.2 Å². The van der Waals surface area contributed by atoms with Crippen LogP contribution in [0.1, 0.15) is 28.4 Å². The quantitative estimate of drug-likeness (QED) is 0.366. The zero-order valence-electron chi connectivity index (χ0n) is 19.7. The van der Waals surface area contributed by atoms with Crippen molar-refractivity contribution in [2.45, 2.75) is 20.0 Å². The van der Waals surface area contributed by atoms with Crippen LogP contribution in [0.5, 0.6) is 11.5 Å². The fourth-order valence-corrected chi connectivity index (χ4v) is 2.99. The van der Waals surface area contributed by atoms with Gasteiger partial charge in [-0.15, -0.1) is 0 Å². The summed E-state index contributed by atoms with van der Waals surface area (Å²) in [6.45, 7) is 5.21. The van der Waals surface area contributed by atoms with Gasteiger partial charge in [0.25, 0.3) is 5.91 Å². The van der Waals surface area contributed by atoms with E-state index < -0.39 is 0 Å². The number of guanidine groups is 1. The van der Waals surface area contributed by atoms with Crippen molar-refractivity contribution >= 4 is 11.9 Å². The average molecular weight is 442 g/mol. The van der Waals surface area contributed by atoms with Crippen LogP contribution in [0.4, 0.5) is 0 Å². The largest absolute Gasteiger partial charge is 0.493 e. The van der Waals surface area contributed by atoms with Crippen LogP contribution < -0.4 is 25.4 Å². The van der Waals surface area contributed by atoms with Crippen molar-refractivity contribution in [2.24, 2.45) is 4.99 Å². The molecule has 174 valence electrons. The molecule has 0 bridgehead atoms. The number of nitrogens with zero attached hydrogens (tertiary/aromatic N) is 2. The lowest BCUT2D eigenvalue weighted by molar-refractivity contribution is 0.0951. The molecule has 32 heavy (non-hydrogen) atoms. The minimum absolute atomic E-state index is 0.0730. The molecule has 0 radical (unpaired) electrons. The van der Waals surface area contributed by atoms with E-state index in [1.807, 2.05) is 68.4 Å². The summed E-state index contributed by atoms with van der Waals surface area (Å²) < 4.78 is 10.7. The topological polar surface area (TPSA) is 87.2 Å². The second-order valence-electron chi connectivity index (χ2n) is 7.50. The number of nitrogens with one attached hydrogen (secondary N) is 3. The van der Waals surface area contributed by atoms with Gasteiger partial charge in [-0.25, -0.2) is 4.99 Å². The van der Waals surface area contributed by atoms with Gasteiger partial charge >= 0.3 is 0 Å². The Balaban J connectivity index is 2.00. The number of benzene rings is 2. The van der Waals surface area contributed by atoms with Gasteiger partial charge in [-0.3, -0.25) is 4.79 Å². The number of amides is 1. The monoisotopic (exact) mass is 441 g/mol. The number of carbonyl (C=O) groups is 1. The number of aliphatic imine (C=N–C) groups is 1. The molecule has 0 aliphatic carbocycles. The van der Waals surface area contributed by atoms with E-state index in [9.17, 15) is 4.79 Å². The van der Waals surface area contributed by atoms with Crippen molar-refractivity contribution < 1.29 is 14.3 Å². The molecule has 0 atom stereocenters. The molecule has 1 amide bonds. The first-order valence-corrected chi connectivity index (χ1v) is 10.7. The predicted molar refractivity (Wildman–Crippen MR) is 129 cm³/mol. The van der Waals surface area contributed by atoms with E-state index >= 15 is 0 Å². The molecule has 0 saturated heterocycles. The Kier molecular flexibility index (Phi) is 10.3. The number of likely N-dealkylation sites (N-methyl/N-ethyl adjacent to an activating group) is 1. The van der Waals surface area contributed by atoms with Gasteiger partial charge in [-0.2, -0.15) is 0 Å². The van der Waals surface area contributed by atoms with Crippen LogP contribution >= 0.6 is 0 Å². The molecule has 2 aromatic rings. The Morgan fingerprint density at radius 3 is 2.44 bits per heavy atom. The first-order valence-electron chi connectivity index (χ1n) is 10.7. The summed E-state index contributed by atoms with van der Waals surface area (Å²) in [7, 11) is 7.20. The number of methoxy groups -OCH3 is 2. The van der Waals surface area contributed by atoms with Gasteiger partial charge in [-0.1, -0.05) is 18.2 Å². The lowest BCUT2D eigenvalue weighted by atomic mass is 10.1. The zero-order chi connectivity index (χ0) is 23.3. The fraction of sp³-hybridized carbons (Fsp3) is 0.417. The molecule has 3 N–H and O–H groups in total. The molecule has 0 aliphatic rings. The first kappa shape index (κ1) is 25.0. The summed E-state index contributed by atoms with van der Waals surface area (Å²) in [6.07, 6.45) is 0. The van der Waals surface area contributed by atoms with Gasteiger partial charge in [0, 0.05) is 31.7 Å². The van der Waals surface area contributed by atoms with Crippen LogP contribution in [0.3, 0.4) is 0 Å². The SMILES string of the molecule is CCNC(=NCc1cccc(C(=O)NCCN(C)C)c1)NCc1ccc(OC)c(OC)c1. The van der Waals surface area contributed by atoms with E-state index in [-0.39, 0.29) is 5.91 Å². The number of carbonyl (C=O) groups excluding carboxylic acids is 1. The van der Waals surface area contributed by atoms with Gasteiger partial charge in [-0.05, 0) is 56.4 Å². The van der Waals surface area contributed by atoms with Crippen LogP contribution in [0.15, 0.2) is 47.5 Å². The van der Waals surface area contributed by atoms with Crippen molar-refractivity contribution in [2.75, 3.05) is 47.9 Å². The lowest BCUT2D eigenvalue weighted by Gasteiger charge is -2.13. The Morgan fingerprint density at radius 2 is 1.75 bits per heavy atom. The summed E-state index contributed by atoms with van der Waals surface area (Å²) in [4.78, 5) is 19.1. The van der Waals surface area contributed by atoms with Gasteiger partial charge < -0.3 is 30.3 Å². The maximum Gasteiger partial charge on any atom is 0.251 e. The molecular formula is C24H35N5O3. The number of ether oxygens (including phenoxy) is 2. The van der Waals surface area contributed by atoms with Gasteiger partial charge in [0.1, 0.15) is 0 Å². The molecule has 0 aromatic heterocycles. The Morgan fingerprint density at radius 1 is 0.969 bits per heavy atom. The van der Waals surface area contributed by atoms with Gasteiger partial charge in [0.05, 0.1) is 20.8 Å². The number of rotatable bonds is 11. The molecule has 0 heterocycles. The summed E-state index contributed by atoms with van der Waals surface area (Å²) in [5.74, 6) is 2.01. The lowest BCUT2D eigenvalue weighted by Crippen LogP contribution is -2.36. The smallest absolute Gasteiger partial charge is 0.251 e. The van der Waals surface area contributed by atoms with E-state index in [2.05, 4.69) is 20.9 Å². The Bertz CT molecular complexity index is 899. The third-order valence-electron chi connectivity index (χ3n) is 4.71. The Hall–Kier alpha value is -3.26. The normalized spacial score (nSPS) is 11.2. The van der Waals surface area contributed by atoms with E-state index in [0.717, 1.165) is 24.2 Å². The maximum absolute atomic E-state index is 12.4. The molecule has 0 fully saturated rings. The third-order valence-corrected chi connectivity index (χ3v) is 4.71. The minimum Gasteiger partial charge on any atom is -0.493 e. The summed E-state index contributed by atoms with van der Waals surface area (Å²) in [5.41, 5.74) is 2.65. The molecule has 8 nitrogen and oxygen atoms in total. The molecule has 0 unspecified atom stereocenters.